The van der Waals surface area contributed by atoms with E-state index in [9.17, 15) is 0 Å². The highest BCUT2D eigenvalue weighted by Gasteiger charge is 2.12. The minimum absolute atomic E-state index is 0.255. The molecule has 0 aliphatic rings. The maximum Gasteiger partial charge on any atom is 0.119 e. The van der Waals surface area contributed by atoms with Crippen LogP contribution < -0.4 is 10.1 Å². The van der Waals surface area contributed by atoms with Crippen molar-refractivity contribution < 1.29 is 9.15 Å². The van der Waals surface area contributed by atoms with E-state index in [0.29, 0.717) is 0 Å². The molecule has 0 aliphatic heterocycles. The molecule has 0 bridgehead atoms. The standard InChI is InChI=1S/C15H19NO2/c1-11(13-5-4-6-15(9-13)17-3)16-12(2)14-7-8-18-10-14/h4-12,16H,1-3H3/t11-,12?/m0/s1. The van der Waals surface area contributed by atoms with Gasteiger partial charge in [-0.25, -0.2) is 0 Å². The number of ether oxygens (including phenoxy) is 1. The average Bonchev–Trinajstić information content (AvgIpc) is 2.92. The van der Waals surface area contributed by atoms with E-state index in [4.69, 9.17) is 9.15 Å². The van der Waals surface area contributed by atoms with Crippen LogP contribution in [0.5, 0.6) is 5.75 Å². The highest BCUT2D eigenvalue weighted by atomic mass is 16.5. The van der Waals surface area contributed by atoms with Crippen molar-refractivity contribution in [2.24, 2.45) is 0 Å². The van der Waals surface area contributed by atoms with Gasteiger partial charge in [0.25, 0.3) is 0 Å². The van der Waals surface area contributed by atoms with E-state index in [1.807, 2.05) is 18.2 Å². The van der Waals surface area contributed by atoms with Gasteiger partial charge < -0.3 is 14.5 Å². The SMILES string of the molecule is COc1cccc([C@H](C)NC(C)c2ccoc2)c1. The van der Waals surface area contributed by atoms with Gasteiger partial charge in [0.1, 0.15) is 5.75 Å². The Hall–Kier alpha value is -1.74. The molecule has 96 valence electrons. The summed E-state index contributed by atoms with van der Waals surface area (Å²) in [7, 11) is 1.69. The van der Waals surface area contributed by atoms with Gasteiger partial charge in [0.15, 0.2) is 0 Å². The van der Waals surface area contributed by atoms with Gasteiger partial charge in [-0.2, -0.15) is 0 Å². The van der Waals surface area contributed by atoms with Gasteiger partial charge >= 0.3 is 0 Å². The molecule has 1 aromatic heterocycles. The van der Waals surface area contributed by atoms with Crippen molar-refractivity contribution in [1.29, 1.82) is 0 Å². The maximum atomic E-state index is 5.24. The van der Waals surface area contributed by atoms with Crippen molar-refractivity contribution >= 4 is 0 Å². The molecule has 1 N–H and O–H groups in total. The largest absolute Gasteiger partial charge is 0.497 e. The predicted octanol–water partition coefficient (Wildman–Crippen LogP) is 3.70. The fourth-order valence-corrected chi connectivity index (χ4v) is 2.00. The fraction of sp³-hybridized carbons (Fsp3) is 0.333. The van der Waals surface area contributed by atoms with Gasteiger partial charge in [-0.1, -0.05) is 12.1 Å². The summed E-state index contributed by atoms with van der Waals surface area (Å²) in [5.74, 6) is 0.886. The number of methoxy groups -OCH3 is 1. The van der Waals surface area contributed by atoms with Gasteiger partial charge in [0.2, 0.25) is 0 Å². The molecule has 2 atom stereocenters. The Morgan fingerprint density at radius 3 is 2.56 bits per heavy atom. The smallest absolute Gasteiger partial charge is 0.119 e. The lowest BCUT2D eigenvalue weighted by Crippen LogP contribution is -2.22. The van der Waals surface area contributed by atoms with Crippen LogP contribution in [-0.2, 0) is 0 Å². The molecule has 0 radical (unpaired) electrons. The molecule has 0 aliphatic carbocycles. The summed E-state index contributed by atoms with van der Waals surface area (Å²) in [4.78, 5) is 0. The second kappa shape index (κ2) is 5.74. The Bertz CT molecular complexity index is 479. The van der Waals surface area contributed by atoms with Crippen LogP contribution in [0.3, 0.4) is 0 Å². The first-order valence-corrected chi connectivity index (χ1v) is 6.13. The van der Waals surface area contributed by atoms with Crippen molar-refractivity contribution in [2.45, 2.75) is 25.9 Å². The van der Waals surface area contributed by atoms with Crippen molar-refractivity contribution in [3.8, 4) is 5.75 Å². The number of hydrogen-bond donors (Lipinski definition) is 1. The zero-order valence-electron chi connectivity index (χ0n) is 11.0. The molecular weight excluding hydrogens is 226 g/mol. The van der Waals surface area contributed by atoms with Gasteiger partial charge in [-0.15, -0.1) is 0 Å². The molecule has 18 heavy (non-hydrogen) atoms. The molecule has 0 amide bonds. The summed E-state index contributed by atoms with van der Waals surface area (Å²) in [5, 5.41) is 3.53. The number of benzene rings is 1. The van der Waals surface area contributed by atoms with Crippen molar-refractivity contribution in [2.75, 3.05) is 7.11 Å². The van der Waals surface area contributed by atoms with E-state index in [2.05, 4.69) is 31.3 Å². The van der Waals surface area contributed by atoms with Crippen molar-refractivity contribution in [3.63, 3.8) is 0 Å². The Balaban J connectivity index is 2.04. The molecule has 2 rings (SSSR count). The van der Waals surface area contributed by atoms with Crippen LogP contribution in [0.1, 0.15) is 37.1 Å². The van der Waals surface area contributed by atoms with E-state index in [-0.39, 0.29) is 12.1 Å². The third-order valence-corrected chi connectivity index (χ3v) is 3.14. The lowest BCUT2D eigenvalue weighted by Gasteiger charge is -2.19. The van der Waals surface area contributed by atoms with E-state index in [1.165, 1.54) is 5.56 Å². The average molecular weight is 245 g/mol. The second-order valence-corrected chi connectivity index (χ2v) is 4.44. The van der Waals surface area contributed by atoms with Gasteiger partial charge in [0.05, 0.1) is 19.6 Å². The third kappa shape index (κ3) is 2.93. The van der Waals surface area contributed by atoms with Crippen LogP contribution in [0.4, 0.5) is 0 Å². The predicted molar refractivity (Wildman–Crippen MR) is 71.7 cm³/mol. The molecule has 0 spiro atoms. The molecule has 2 aromatic rings. The zero-order valence-corrected chi connectivity index (χ0v) is 11.0. The van der Waals surface area contributed by atoms with E-state index in [0.717, 1.165) is 11.3 Å². The van der Waals surface area contributed by atoms with Gasteiger partial charge in [-0.05, 0) is 37.6 Å². The highest BCUT2D eigenvalue weighted by molar-refractivity contribution is 5.30. The van der Waals surface area contributed by atoms with Crippen LogP contribution in [0, 0.1) is 0 Å². The quantitative estimate of drug-likeness (QED) is 0.872. The second-order valence-electron chi connectivity index (χ2n) is 4.44. The topological polar surface area (TPSA) is 34.4 Å². The van der Waals surface area contributed by atoms with Crippen LogP contribution in [-0.4, -0.2) is 7.11 Å². The normalized spacial score (nSPS) is 14.2. The van der Waals surface area contributed by atoms with Crippen LogP contribution in [0.25, 0.3) is 0 Å². The molecule has 3 heteroatoms. The molecule has 0 saturated heterocycles. The summed E-state index contributed by atoms with van der Waals surface area (Å²) in [5.41, 5.74) is 2.37. The van der Waals surface area contributed by atoms with Gasteiger partial charge in [0, 0.05) is 17.6 Å². The van der Waals surface area contributed by atoms with E-state index in [1.54, 1.807) is 19.6 Å². The lowest BCUT2D eigenvalue weighted by molar-refractivity contribution is 0.412. The van der Waals surface area contributed by atoms with E-state index >= 15 is 0 Å². The summed E-state index contributed by atoms with van der Waals surface area (Å²) >= 11 is 0. The molecule has 0 fully saturated rings. The first-order chi connectivity index (χ1) is 8.70. The first kappa shape index (κ1) is 12.7. The Morgan fingerprint density at radius 1 is 1.11 bits per heavy atom. The van der Waals surface area contributed by atoms with Gasteiger partial charge in [-0.3, -0.25) is 0 Å². The number of nitrogens with one attached hydrogen (secondary N) is 1. The minimum Gasteiger partial charge on any atom is -0.497 e. The molecule has 0 saturated carbocycles. The summed E-state index contributed by atoms with van der Waals surface area (Å²) in [6.45, 7) is 4.27. The third-order valence-electron chi connectivity index (χ3n) is 3.14. The Morgan fingerprint density at radius 2 is 1.89 bits per heavy atom. The van der Waals surface area contributed by atoms with E-state index < -0.39 is 0 Å². The van der Waals surface area contributed by atoms with Crippen molar-refractivity contribution in [3.05, 3.63) is 54.0 Å². The Labute approximate surface area is 108 Å². The summed E-state index contributed by atoms with van der Waals surface area (Å²) in [6, 6.07) is 10.6. The Kier molecular flexibility index (Phi) is 4.05. The van der Waals surface area contributed by atoms with Crippen LogP contribution in [0.15, 0.2) is 47.3 Å². The monoisotopic (exact) mass is 245 g/mol. The number of rotatable bonds is 5. The lowest BCUT2D eigenvalue weighted by atomic mass is 10.1. The number of hydrogen-bond acceptors (Lipinski definition) is 3. The molecule has 1 unspecified atom stereocenters. The number of furan rings is 1. The zero-order chi connectivity index (χ0) is 13.0. The van der Waals surface area contributed by atoms with Crippen LogP contribution >= 0.6 is 0 Å². The molecular formula is C15H19NO2. The maximum absolute atomic E-state index is 5.24. The fourth-order valence-electron chi connectivity index (χ4n) is 2.00. The van der Waals surface area contributed by atoms with Crippen molar-refractivity contribution in [1.82, 2.24) is 5.32 Å². The molecule has 1 aromatic carbocycles. The minimum atomic E-state index is 0.255. The van der Waals surface area contributed by atoms with Crippen LogP contribution in [0.2, 0.25) is 0 Å². The summed E-state index contributed by atoms with van der Waals surface area (Å²) < 4.78 is 10.3. The molecule has 1 heterocycles. The summed E-state index contributed by atoms with van der Waals surface area (Å²) in [6.07, 6.45) is 3.47. The highest BCUT2D eigenvalue weighted by Crippen LogP contribution is 2.22. The molecule has 3 nitrogen and oxygen atoms in total. The first-order valence-electron chi connectivity index (χ1n) is 6.13.